The maximum Gasteiger partial charge on any atom is 0.253 e. The van der Waals surface area contributed by atoms with E-state index in [-0.39, 0.29) is 24.0 Å². The molecule has 1 aromatic heterocycles. The topological polar surface area (TPSA) is 123 Å². The highest BCUT2D eigenvalue weighted by Crippen LogP contribution is 2.17. The maximum absolute atomic E-state index is 12.3. The number of nitrogens with two attached hydrogens (primary N) is 1. The van der Waals surface area contributed by atoms with Crippen LogP contribution in [-0.2, 0) is 23.1 Å². The van der Waals surface area contributed by atoms with Gasteiger partial charge in [-0.1, -0.05) is 11.8 Å². The van der Waals surface area contributed by atoms with Crippen molar-refractivity contribution >= 4 is 35.2 Å². The lowest BCUT2D eigenvalue weighted by atomic mass is 10.2. The summed E-state index contributed by atoms with van der Waals surface area (Å²) in [5, 5.41) is 11.4. The molecule has 2 rings (SSSR count). The van der Waals surface area contributed by atoms with Crippen LogP contribution in [0, 0.1) is 0 Å². The van der Waals surface area contributed by atoms with Crippen molar-refractivity contribution in [3.05, 3.63) is 35.7 Å². The predicted molar refractivity (Wildman–Crippen MR) is 112 cm³/mol. The van der Waals surface area contributed by atoms with Crippen LogP contribution < -0.4 is 11.1 Å². The van der Waals surface area contributed by atoms with Crippen LogP contribution in [0.2, 0.25) is 0 Å². The lowest BCUT2D eigenvalue weighted by molar-refractivity contribution is -0.118. The lowest BCUT2D eigenvalue weighted by Gasteiger charge is -2.18. The fourth-order valence-corrected chi connectivity index (χ4v) is 3.37. The van der Waals surface area contributed by atoms with Gasteiger partial charge in [-0.15, -0.1) is 10.2 Å². The van der Waals surface area contributed by atoms with Crippen LogP contribution in [0.3, 0.4) is 0 Å². The summed E-state index contributed by atoms with van der Waals surface area (Å²) in [7, 11) is 1.78. The third-order valence-electron chi connectivity index (χ3n) is 4.32. The largest absolute Gasteiger partial charge is 0.370 e. The lowest BCUT2D eigenvalue weighted by Crippen LogP contribution is -2.30. The molecule has 0 saturated carbocycles. The number of carbonyl (C=O) groups is 3. The van der Waals surface area contributed by atoms with E-state index in [0.717, 1.165) is 0 Å². The van der Waals surface area contributed by atoms with Crippen molar-refractivity contribution in [2.45, 2.75) is 31.8 Å². The van der Waals surface area contributed by atoms with Crippen molar-refractivity contribution in [1.82, 2.24) is 19.7 Å². The normalized spacial score (nSPS) is 10.6. The minimum Gasteiger partial charge on any atom is -0.370 e. The van der Waals surface area contributed by atoms with Crippen molar-refractivity contribution in [1.29, 1.82) is 0 Å². The molecule has 29 heavy (non-hydrogen) atoms. The number of aromatic nitrogens is 3. The Hall–Kier alpha value is -2.88. The molecular weight excluding hydrogens is 392 g/mol. The van der Waals surface area contributed by atoms with Gasteiger partial charge in [0.05, 0.1) is 5.75 Å². The standard InChI is InChI=1S/C19H26N6O3S/c1-4-25(5-2)18(28)13-6-8-14(9-7-13)21-17(27)12-29-19-23-22-16(24(19)3)11-10-15(20)26/h6-9H,4-5,10-12H2,1-3H3,(H2,20,26)(H,21,27). The summed E-state index contributed by atoms with van der Waals surface area (Å²) in [6.45, 7) is 5.17. The van der Waals surface area contributed by atoms with Crippen molar-refractivity contribution in [3.63, 3.8) is 0 Å². The minimum absolute atomic E-state index is 0.0298. The quantitative estimate of drug-likeness (QED) is 0.563. The summed E-state index contributed by atoms with van der Waals surface area (Å²) in [5.74, 6) is 0.172. The minimum atomic E-state index is -0.397. The van der Waals surface area contributed by atoms with Gasteiger partial charge in [0, 0.05) is 44.2 Å². The molecule has 0 aliphatic carbocycles. The number of nitrogens with one attached hydrogen (secondary N) is 1. The Kier molecular flexibility index (Phi) is 8.20. The highest BCUT2D eigenvalue weighted by atomic mass is 32.2. The molecule has 156 valence electrons. The van der Waals surface area contributed by atoms with Crippen LogP contribution in [0.15, 0.2) is 29.4 Å². The highest BCUT2D eigenvalue weighted by Gasteiger charge is 2.14. The van der Waals surface area contributed by atoms with E-state index >= 15 is 0 Å². The molecule has 0 aliphatic heterocycles. The van der Waals surface area contributed by atoms with E-state index in [9.17, 15) is 14.4 Å². The van der Waals surface area contributed by atoms with E-state index in [0.29, 0.717) is 41.7 Å². The Morgan fingerprint density at radius 1 is 1.14 bits per heavy atom. The highest BCUT2D eigenvalue weighted by molar-refractivity contribution is 7.99. The van der Waals surface area contributed by atoms with Gasteiger partial charge in [-0.25, -0.2) is 0 Å². The first-order chi connectivity index (χ1) is 13.8. The molecule has 0 atom stereocenters. The number of amides is 3. The second-order valence-electron chi connectivity index (χ2n) is 6.32. The third-order valence-corrected chi connectivity index (χ3v) is 5.34. The summed E-state index contributed by atoms with van der Waals surface area (Å²) < 4.78 is 1.74. The van der Waals surface area contributed by atoms with E-state index in [2.05, 4.69) is 15.5 Å². The molecule has 0 bridgehead atoms. The van der Waals surface area contributed by atoms with E-state index < -0.39 is 5.91 Å². The van der Waals surface area contributed by atoms with E-state index in [1.54, 1.807) is 40.8 Å². The van der Waals surface area contributed by atoms with Gasteiger partial charge in [0.15, 0.2) is 5.16 Å². The van der Waals surface area contributed by atoms with Gasteiger partial charge in [0.1, 0.15) is 5.82 Å². The zero-order chi connectivity index (χ0) is 21.4. The van der Waals surface area contributed by atoms with Gasteiger partial charge >= 0.3 is 0 Å². The van der Waals surface area contributed by atoms with Crippen LogP contribution >= 0.6 is 11.8 Å². The van der Waals surface area contributed by atoms with Gasteiger partial charge in [-0.2, -0.15) is 0 Å². The number of hydrogen-bond donors (Lipinski definition) is 2. The predicted octanol–water partition coefficient (Wildman–Crippen LogP) is 1.45. The Morgan fingerprint density at radius 2 is 1.79 bits per heavy atom. The van der Waals surface area contributed by atoms with Crippen LogP contribution in [-0.4, -0.2) is 56.2 Å². The molecule has 0 saturated heterocycles. The zero-order valence-electron chi connectivity index (χ0n) is 16.8. The molecule has 0 radical (unpaired) electrons. The van der Waals surface area contributed by atoms with Crippen molar-refractivity contribution in [2.75, 3.05) is 24.2 Å². The SMILES string of the molecule is CCN(CC)C(=O)c1ccc(NC(=O)CSc2nnc(CCC(N)=O)n2C)cc1. The number of hydrogen-bond acceptors (Lipinski definition) is 6. The molecule has 0 fully saturated rings. The molecule has 3 amide bonds. The molecule has 0 unspecified atom stereocenters. The Balaban J connectivity index is 1.88. The van der Waals surface area contributed by atoms with E-state index in [1.807, 2.05) is 13.8 Å². The first-order valence-electron chi connectivity index (χ1n) is 9.34. The van der Waals surface area contributed by atoms with E-state index in [4.69, 9.17) is 5.73 Å². The average molecular weight is 419 g/mol. The number of benzene rings is 1. The summed E-state index contributed by atoms with van der Waals surface area (Å²) >= 11 is 1.25. The fraction of sp³-hybridized carbons (Fsp3) is 0.421. The van der Waals surface area contributed by atoms with Gasteiger partial charge in [-0.05, 0) is 38.1 Å². The molecule has 9 nitrogen and oxygen atoms in total. The zero-order valence-corrected chi connectivity index (χ0v) is 17.7. The van der Waals surface area contributed by atoms with Crippen molar-refractivity contribution < 1.29 is 14.4 Å². The summed E-state index contributed by atoms with van der Waals surface area (Å²) in [6.07, 6.45) is 0.605. The van der Waals surface area contributed by atoms with Crippen LogP contribution in [0.1, 0.15) is 36.5 Å². The van der Waals surface area contributed by atoms with Crippen LogP contribution in [0.4, 0.5) is 5.69 Å². The van der Waals surface area contributed by atoms with Crippen molar-refractivity contribution in [2.24, 2.45) is 12.8 Å². The molecule has 0 aliphatic rings. The van der Waals surface area contributed by atoms with E-state index in [1.165, 1.54) is 11.8 Å². The molecule has 0 spiro atoms. The number of anilines is 1. The smallest absolute Gasteiger partial charge is 0.253 e. The average Bonchev–Trinajstić information content (AvgIpc) is 3.05. The molecule has 1 aromatic carbocycles. The fourth-order valence-electron chi connectivity index (χ4n) is 2.64. The molecule has 2 aromatic rings. The number of carbonyl (C=O) groups excluding carboxylic acids is 3. The second kappa shape index (κ2) is 10.6. The molecule has 10 heteroatoms. The molecule has 1 heterocycles. The maximum atomic E-state index is 12.3. The first kappa shape index (κ1) is 22.4. The van der Waals surface area contributed by atoms with Crippen molar-refractivity contribution in [3.8, 4) is 0 Å². The van der Waals surface area contributed by atoms with Gasteiger partial charge < -0.3 is 20.5 Å². The third kappa shape index (κ3) is 6.31. The summed E-state index contributed by atoms with van der Waals surface area (Å²) in [4.78, 5) is 37.2. The summed E-state index contributed by atoms with van der Waals surface area (Å²) in [6, 6.07) is 6.83. The first-order valence-corrected chi connectivity index (χ1v) is 10.3. The number of primary amides is 1. The number of nitrogens with zero attached hydrogens (tertiary/aromatic N) is 4. The monoisotopic (exact) mass is 418 g/mol. The Bertz CT molecular complexity index is 861. The Morgan fingerprint density at radius 3 is 2.38 bits per heavy atom. The van der Waals surface area contributed by atoms with Crippen LogP contribution in [0.5, 0.6) is 0 Å². The van der Waals surface area contributed by atoms with Crippen LogP contribution in [0.25, 0.3) is 0 Å². The molecule has 3 N–H and O–H groups in total. The number of aryl methyl sites for hydroxylation is 1. The summed E-state index contributed by atoms with van der Waals surface area (Å²) in [5.41, 5.74) is 6.35. The van der Waals surface area contributed by atoms with Gasteiger partial charge in [0.25, 0.3) is 5.91 Å². The second-order valence-corrected chi connectivity index (χ2v) is 7.26. The number of rotatable bonds is 10. The molecular formula is C19H26N6O3S. The van der Waals surface area contributed by atoms with Gasteiger partial charge in [-0.3, -0.25) is 14.4 Å². The van der Waals surface area contributed by atoms with Gasteiger partial charge in [0.2, 0.25) is 11.8 Å². The Labute approximate surface area is 174 Å². The number of thioether (sulfide) groups is 1.